The van der Waals surface area contributed by atoms with Crippen LogP contribution in [0.3, 0.4) is 0 Å². The summed E-state index contributed by atoms with van der Waals surface area (Å²) in [7, 11) is 3.20. The molecule has 102 valence electrons. The fraction of sp³-hybridized carbons (Fsp3) is 0.538. The highest BCUT2D eigenvalue weighted by Crippen LogP contribution is 2.16. The number of nitrogens with two attached hydrogens (primary N) is 1. The van der Waals surface area contributed by atoms with E-state index in [9.17, 15) is 5.11 Å². The van der Waals surface area contributed by atoms with Crippen LogP contribution in [0.15, 0.2) is 24.3 Å². The molecular formula is C13H21NO4. The van der Waals surface area contributed by atoms with Crippen molar-refractivity contribution in [3.05, 3.63) is 29.8 Å². The number of aliphatic hydroxyl groups is 1. The molecule has 3 N–H and O–H groups in total. The van der Waals surface area contributed by atoms with Gasteiger partial charge in [0.05, 0.1) is 25.9 Å². The first-order valence-corrected chi connectivity index (χ1v) is 5.81. The lowest BCUT2D eigenvalue weighted by Crippen LogP contribution is -2.44. The zero-order valence-corrected chi connectivity index (χ0v) is 10.8. The van der Waals surface area contributed by atoms with Crippen molar-refractivity contribution >= 4 is 0 Å². The Morgan fingerprint density at radius 2 is 2.06 bits per heavy atom. The molecule has 0 saturated carbocycles. The number of hydrogen-bond donors (Lipinski definition) is 2. The minimum absolute atomic E-state index is 0.154. The van der Waals surface area contributed by atoms with Gasteiger partial charge >= 0.3 is 0 Å². The number of aliphatic hydroxyl groups excluding tert-OH is 1. The fourth-order valence-corrected chi connectivity index (χ4v) is 1.61. The van der Waals surface area contributed by atoms with Gasteiger partial charge in [0.2, 0.25) is 0 Å². The monoisotopic (exact) mass is 255 g/mol. The van der Waals surface area contributed by atoms with Crippen LogP contribution in [0.5, 0.6) is 5.75 Å². The summed E-state index contributed by atoms with van der Waals surface area (Å²) in [6.45, 7) is 0.702. The standard InChI is InChI=1S/C13H21NO4/c1-16-8-10-4-3-5-11(6-10)18-13(7-15)12(14)9-17-2/h3-6,12-13,15H,7-9,14H2,1-2H3. The van der Waals surface area contributed by atoms with Crippen LogP contribution in [0.1, 0.15) is 5.56 Å². The maximum Gasteiger partial charge on any atom is 0.139 e. The maximum absolute atomic E-state index is 9.27. The minimum atomic E-state index is -0.484. The van der Waals surface area contributed by atoms with Gasteiger partial charge in [-0.2, -0.15) is 0 Å². The van der Waals surface area contributed by atoms with Gasteiger partial charge in [0, 0.05) is 14.2 Å². The number of benzene rings is 1. The Labute approximate surface area is 107 Å². The topological polar surface area (TPSA) is 73.9 Å². The average Bonchev–Trinajstić information content (AvgIpc) is 2.37. The second-order valence-electron chi connectivity index (χ2n) is 4.04. The highest BCUT2D eigenvalue weighted by molar-refractivity contribution is 5.28. The summed E-state index contributed by atoms with van der Waals surface area (Å²) in [5.41, 5.74) is 6.86. The van der Waals surface area contributed by atoms with Crippen molar-refractivity contribution in [3.8, 4) is 5.75 Å². The summed E-state index contributed by atoms with van der Waals surface area (Å²) in [6, 6.07) is 7.14. The van der Waals surface area contributed by atoms with Crippen LogP contribution in [0.4, 0.5) is 0 Å². The normalized spacial score (nSPS) is 14.2. The highest BCUT2D eigenvalue weighted by atomic mass is 16.5. The lowest BCUT2D eigenvalue weighted by molar-refractivity contribution is 0.0603. The van der Waals surface area contributed by atoms with Crippen molar-refractivity contribution in [1.82, 2.24) is 0 Å². The van der Waals surface area contributed by atoms with Gasteiger partial charge in [-0.15, -0.1) is 0 Å². The largest absolute Gasteiger partial charge is 0.486 e. The van der Waals surface area contributed by atoms with Crippen molar-refractivity contribution in [2.45, 2.75) is 18.8 Å². The SMILES string of the molecule is COCc1cccc(OC(CO)C(N)COC)c1. The van der Waals surface area contributed by atoms with Crippen molar-refractivity contribution in [3.63, 3.8) is 0 Å². The third kappa shape index (κ3) is 4.62. The Balaban J connectivity index is 2.66. The van der Waals surface area contributed by atoms with Gasteiger partial charge in [-0.1, -0.05) is 12.1 Å². The zero-order chi connectivity index (χ0) is 13.4. The summed E-state index contributed by atoms with van der Waals surface area (Å²) >= 11 is 0. The molecule has 0 spiro atoms. The highest BCUT2D eigenvalue weighted by Gasteiger charge is 2.18. The van der Waals surface area contributed by atoms with Crippen molar-refractivity contribution in [2.24, 2.45) is 5.73 Å². The molecule has 0 aliphatic heterocycles. The molecule has 0 heterocycles. The van der Waals surface area contributed by atoms with Crippen LogP contribution in [-0.4, -0.2) is 44.7 Å². The summed E-state index contributed by atoms with van der Waals surface area (Å²) in [5.74, 6) is 0.662. The molecule has 5 nitrogen and oxygen atoms in total. The fourth-order valence-electron chi connectivity index (χ4n) is 1.61. The molecule has 0 fully saturated rings. The molecule has 0 aliphatic carbocycles. The first-order valence-electron chi connectivity index (χ1n) is 5.81. The Hall–Kier alpha value is -1.14. The van der Waals surface area contributed by atoms with E-state index in [4.69, 9.17) is 19.9 Å². The smallest absolute Gasteiger partial charge is 0.139 e. The third-order valence-corrected chi connectivity index (χ3v) is 2.51. The molecule has 1 rings (SSSR count). The van der Waals surface area contributed by atoms with Gasteiger partial charge in [0.1, 0.15) is 11.9 Å². The predicted octanol–water partition coefficient (Wildman–Crippen LogP) is 0.546. The lowest BCUT2D eigenvalue weighted by atomic mass is 10.2. The van der Waals surface area contributed by atoms with Gasteiger partial charge in [0.25, 0.3) is 0 Å². The number of hydrogen-bond acceptors (Lipinski definition) is 5. The molecule has 0 bridgehead atoms. The van der Waals surface area contributed by atoms with E-state index in [0.717, 1.165) is 5.56 Å². The van der Waals surface area contributed by atoms with Crippen LogP contribution in [-0.2, 0) is 16.1 Å². The van der Waals surface area contributed by atoms with E-state index in [1.807, 2.05) is 24.3 Å². The molecule has 1 aromatic rings. The van der Waals surface area contributed by atoms with E-state index >= 15 is 0 Å². The number of ether oxygens (including phenoxy) is 3. The molecule has 2 atom stereocenters. The quantitative estimate of drug-likeness (QED) is 0.709. The average molecular weight is 255 g/mol. The first kappa shape index (κ1) is 14.9. The van der Waals surface area contributed by atoms with Crippen LogP contribution in [0, 0.1) is 0 Å². The van der Waals surface area contributed by atoms with Gasteiger partial charge < -0.3 is 25.1 Å². The molecule has 0 saturated heterocycles. The molecule has 0 aromatic heterocycles. The van der Waals surface area contributed by atoms with Crippen LogP contribution in [0.2, 0.25) is 0 Å². The Bertz CT molecular complexity index is 346. The van der Waals surface area contributed by atoms with Crippen molar-refractivity contribution < 1.29 is 19.3 Å². The van der Waals surface area contributed by atoms with Crippen LogP contribution in [0.25, 0.3) is 0 Å². The lowest BCUT2D eigenvalue weighted by Gasteiger charge is -2.23. The minimum Gasteiger partial charge on any atom is -0.486 e. The van der Waals surface area contributed by atoms with Gasteiger partial charge in [0.15, 0.2) is 0 Å². The van der Waals surface area contributed by atoms with E-state index in [1.54, 1.807) is 14.2 Å². The molecule has 2 unspecified atom stereocenters. The van der Waals surface area contributed by atoms with E-state index in [1.165, 1.54) is 0 Å². The predicted molar refractivity (Wildman–Crippen MR) is 68.5 cm³/mol. The molecule has 1 aromatic carbocycles. The van der Waals surface area contributed by atoms with Crippen molar-refractivity contribution in [1.29, 1.82) is 0 Å². The molecular weight excluding hydrogens is 234 g/mol. The van der Waals surface area contributed by atoms with Gasteiger partial charge in [-0.3, -0.25) is 0 Å². The summed E-state index contributed by atoms with van der Waals surface area (Å²) in [4.78, 5) is 0. The summed E-state index contributed by atoms with van der Waals surface area (Å²) in [5, 5.41) is 9.27. The molecule has 18 heavy (non-hydrogen) atoms. The van der Waals surface area contributed by atoms with Gasteiger partial charge in [-0.25, -0.2) is 0 Å². The zero-order valence-electron chi connectivity index (χ0n) is 10.8. The van der Waals surface area contributed by atoms with E-state index in [0.29, 0.717) is 19.0 Å². The molecule has 0 radical (unpaired) electrons. The molecule has 0 aliphatic rings. The molecule has 0 amide bonds. The van der Waals surface area contributed by atoms with Crippen LogP contribution >= 0.6 is 0 Å². The maximum atomic E-state index is 9.27. The third-order valence-electron chi connectivity index (χ3n) is 2.51. The van der Waals surface area contributed by atoms with Gasteiger partial charge in [-0.05, 0) is 17.7 Å². The van der Waals surface area contributed by atoms with Crippen molar-refractivity contribution in [2.75, 3.05) is 27.4 Å². The second kappa shape index (κ2) is 8.05. The summed E-state index contributed by atoms with van der Waals surface area (Å²) in [6.07, 6.45) is -0.484. The Kier molecular flexibility index (Phi) is 6.67. The Morgan fingerprint density at radius 1 is 1.28 bits per heavy atom. The Morgan fingerprint density at radius 3 is 2.67 bits per heavy atom. The second-order valence-corrected chi connectivity index (χ2v) is 4.04. The molecule has 5 heteroatoms. The number of rotatable bonds is 8. The van der Waals surface area contributed by atoms with E-state index < -0.39 is 6.10 Å². The summed E-state index contributed by atoms with van der Waals surface area (Å²) < 4.78 is 15.7. The van der Waals surface area contributed by atoms with E-state index in [-0.39, 0.29) is 12.6 Å². The van der Waals surface area contributed by atoms with E-state index in [2.05, 4.69) is 0 Å². The first-order chi connectivity index (χ1) is 8.71. The van der Waals surface area contributed by atoms with Crippen LogP contribution < -0.4 is 10.5 Å². The number of methoxy groups -OCH3 is 2.